The Labute approximate surface area is 103 Å². The van der Waals surface area contributed by atoms with Crippen molar-refractivity contribution in [1.82, 2.24) is 9.97 Å². The minimum atomic E-state index is -0.0113. The highest BCUT2D eigenvalue weighted by molar-refractivity contribution is 5.57. The third-order valence-corrected chi connectivity index (χ3v) is 2.51. The summed E-state index contributed by atoms with van der Waals surface area (Å²) in [6.07, 6.45) is 0.793. The molecule has 5 nitrogen and oxygen atoms in total. The summed E-state index contributed by atoms with van der Waals surface area (Å²) >= 11 is 0. The van der Waals surface area contributed by atoms with Gasteiger partial charge >= 0.3 is 0 Å². The second-order valence-corrected chi connectivity index (χ2v) is 4.07. The molecule has 1 heterocycles. The van der Waals surface area contributed by atoms with Crippen LogP contribution in [-0.2, 0) is 6.42 Å². The molecule has 0 aliphatic rings. The van der Waals surface area contributed by atoms with Crippen molar-refractivity contribution in [3.63, 3.8) is 0 Å². The number of aliphatic hydroxyl groups excluding tert-OH is 1. The molecule has 0 aromatic carbocycles. The molecule has 0 aliphatic carbocycles. The predicted molar refractivity (Wildman–Crippen MR) is 70.5 cm³/mol. The highest BCUT2D eigenvalue weighted by atomic mass is 16.3. The Morgan fingerprint density at radius 2 is 1.88 bits per heavy atom. The summed E-state index contributed by atoms with van der Waals surface area (Å²) in [5.41, 5.74) is 0.990. The molecule has 0 bridgehead atoms. The topological polar surface area (TPSA) is 70.1 Å². The average Bonchev–Trinajstić information content (AvgIpc) is 2.34. The van der Waals surface area contributed by atoms with Crippen LogP contribution in [0.1, 0.15) is 32.2 Å². The van der Waals surface area contributed by atoms with Gasteiger partial charge in [-0.15, -0.1) is 0 Å². The van der Waals surface area contributed by atoms with Crippen LogP contribution in [0.25, 0.3) is 0 Å². The minimum absolute atomic E-state index is 0.0113. The summed E-state index contributed by atoms with van der Waals surface area (Å²) in [6.45, 7) is 8.87. The summed E-state index contributed by atoms with van der Waals surface area (Å²) in [5, 5.41) is 15.5. The third-order valence-electron chi connectivity index (χ3n) is 2.51. The number of anilines is 2. The molecule has 0 spiro atoms. The Hall–Kier alpha value is -1.36. The lowest BCUT2D eigenvalue weighted by Gasteiger charge is -2.17. The van der Waals surface area contributed by atoms with E-state index in [0.29, 0.717) is 0 Å². The summed E-state index contributed by atoms with van der Waals surface area (Å²) in [4.78, 5) is 8.90. The maximum Gasteiger partial charge on any atom is 0.135 e. The first-order valence-electron chi connectivity index (χ1n) is 6.11. The van der Waals surface area contributed by atoms with E-state index < -0.39 is 0 Å². The smallest absolute Gasteiger partial charge is 0.135 e. The first-order valence-corrected chi connectivity index (χ1v) is 6.11. The number of aromatic nitrogens is 2. The van der Waals surface area contributed by atoms with Crippen LogP contribution in [-0.4, -0.2) is 34.3 Å². The van der Waals surface area contributed by atoms with Crippen LogP contribution in [0, 0.1) is 6.92 Å². The molecule has 0 saturated carbocycles. The van der Waals surface area contributed by atoms with Gasteiger partial charge in [-0.3, -0.25) is 0 Å². The lowest BCUT2D eigenvalue weighted by molar-refractivity contribution is 0.281. The molecular weight excluding hydrogens is 216 g/mol. The van der Waals surface area contributed by atoms with Gasteiger partial charge in [0.05, 0.1) is 6.61 Å². The summed E-state index contributed by atoms with van der Waals surface area (Å²) in [5.74, 6) is 2.47. The first kappa shape index (κ1) is 13.7. The van der Waals surface area contributed by atoms with Crippen LogP contribution in [0.2, 0.25) is 0 Å². The van der Waals surface area contributed by atoms with Gasteiger partial charge in [0.1, 0.15) is 17.5 Å². The van der Waals surface area contributed by atoms with Gasteiger partial charge < -0.3 is 15.7 Å². The maximum atomic E-state index is 9.06. The van der Waals surface area contributed by atoms with E-state index in [1.165, 1.54) is 0 Å². The van der Waals surface area contributed by atoms with E-state index in [0.717, 1.165) is 36.0 Å². The minimum Gasteiger partial charge on any atom is -0.394 e. The average molecular weight is 238 g/mol. The molecule has 0 amide bonds. The van der Waals surface area contributed by atoms with Gasteiger partial charge in [-0.2, -0.15) is 0 Å². The van der Waals surface area contributed by atoms with Crippen molar-refractivity contribution >= 4 is 11.6 Å². The fourth-order valence-electron chi connectivity index (χ4n) is 1.48. The molecule has 1 rings (SSSR count). The highest BCUT2D eigenvalue weighted by Gasteiger charge is 2.11. The predicted octanol–water partition coefficient (Wildman–Crippen LogP) is 1.57. The van der Waals surface area contributed by atoms with Gasteiger partial charge in [-0.25, -0.2) is 9.97 Å². The number of rotatable bonds is 6. The van der Waals surface area contributed by atoms with Crippen molar-refractivity contribution in [2.24, 2.45) is 0 Å². The van der Waals surface area contributed by atoms with Gasteiger partial charge in [0.15, 0.2) is 0 Å². The molecule has 1 aromatic heterocycles. The van der Waals surface area contributed by atoms with Crippen molar-refractivity contribution in [3.8, 4) is 0 Å². The molecule has 96 valence electrons. The molecule has 17 heavy (non-hydrogen) atoms. The van der Waals surface area contributed by atoms with Crippen LogP contribution >= 0.6 is 0 Å². The van der Waals surface area contributed by atoms with E-state index in [2.05, 4.69) is 20.6 Å². The monoisotopic (exact) mass is 238 g/mol. The molecule has 5 heteroatoms. The Bertz CT molecular complexity index is 368. The van der Waals surface area contributed by atoms with Gasteiger partial charge in [-0.1, -0.05) is 6.92 Å². The fraction of sp³-hybridized carbons (Fsp3) is 0.667. The first-order chi connectivity index (χ1) is 8.12. The van der Waals surface area contributed by atoms with Crippen molar-refractivity contribution in [1.29, 1.82) is 0 Å². The normalized spacial score (nSPS) is 12.3. The van der Waals surface area contributed by atoms with Crippen molar-refractivity contribution in [3.05, 3.63) is 11.4 Å². The standard InChI is InChI=1S/C12H22N4O/c1-5-10-15-11(13-6-2)9(4)12(16-10)14-8(3)7-17/h8,17H,5-7H2,1-4H3,(H2,13,14,15,16). The van der Waals surface area contributed by atoms with E-state index in [-0.39, 0.29) is 12.6 Å². The fourth-order valence-corrected chi connectivity index (χ4v) is 1.48. The second-order valence-electron chi connectivity index (χ2n) is 4.07. The van der Waals surface area contributed by atoms with Crippen LogP contribution in [0.4, 0.5) is 11.6 Å². The Balaban J connectivity index is 3.05. The molecule has 0 aliphatic heterocycles. The number of nitrogens with one attached hydrogen (secondary N) is 2. The molecule has 1 unspecified atom stereocenters. The highest BCUT2D eigenvalue weighted by Crippen LogP contribution is 2.20. The van der Waals surface area contributed by atoms with Crippen LogP contribution in [0.3, 0.4) is 0 Å². The lowest BCUT2D eigenvalue weighted by Crippen LogP contribution is -2.22. The molecule has 1 aromatic rings. The van der Waals surface area contributed by atoms with Crippen molar-refractivity contribution in [2.45, 2.75) is 40.2 Å². The lowest BCUT2D eigenvalue weighted by atomic mass is 10.2. The van der Waals surface area contributed by atoms with Crippen LogP contribution < -0.4 is 10.6 Å². The largest absolute Gasteiger partial charge is 0.394 e. The van der Waals surface area contributed by atoms with E-state index in [4.69, 9.17) is 5.11 Å². The zero-order valence-corrected chi connectivity index (χ0v) is 11.0. The SMILES string of the molecule is CCNc1nc(CC)nc(NC(C)CO)c1C. The van der Waals surface area contributed by atoms with Crippen molar-refractivity contribution < 1.29 is 5.11 Å². The molecule has 0 fully saturated rings. The van der Waals surface area contributed by atoms with E-state index >= 15 is 0 Å². The molecule has 1 atom stereocenters. The zero-order chi connectivity index (χ0) is 12.8. The number of aryl methyl sites for hydroxylation is 1. The van der Waals surface area contributed by atoms with Crippen molar-refractivity contribution in [2.75, 3.05) is 23.8 Å². The maximum absolute atomic E-state index is 9.06. The number of hydrogen-bond acceptors (Lipinski definition) is 5. The van der Waals surface area contributed by atoms with Gasteiger partial charge in [0.25, 0.3) is 0 Å². The Kier molecular flexibility index (Phi) is 5.15. The van der Waals surface area contributed by atoms with E-state index in [9.17, 15) is 0 Å². The molecule has 3 N–H and O–H groups in total. The Morgan fingerprint density at radius 3 is 2.41 bits per heavy atom. The number of hydrogen-bond donors (Lipinski definition) is 3. The quantitative estimate of drug-likeness (QED) is 0.702. The Morgan fingerprint density at radius 1 is 1.24 bits per heavy atom. The number of nitrogens with zero attached hydrogens (tertiary/aromatic N) is 2. The zero-order valence-electron chi connectivity index (χ0n) is 11.0. The summed E-state index contributed by atoms with van der Waals surface area (Å²) < 4.78 is 0. The summed E-state index contributed by atoms with van der Waals surface area (Å²) in [6, 6.07) is -0.0113. The molecule has 0 radical (unpaired) electrons. The molecular formula is C12H22N4O. The van der Waals surface area contributed by atoms with Crippen LogP contribution in [0.5, 0.6) is 0 Å². The van der Waals surface area contributed by atoms with Gasteiger partial charge in [0, 0.05) is 24.6 Å². The molecule has 0 saturated heterocycles. The third kappa shape index (κ3) is 3.56. The van der Waals surface area contributed by atoms with Crippen LogP contribution in [0.15, 0.2) is 0 Å². The van der Waals surface area contributed by atoms with E-state index in [1.807, 2.05) is 27.7 Å². The van der Waals surface area contributed by atoms with Gasteiger partial charge in [0.2, 0.25) is 0 Å². The second kappa shape index (κ2) is 6.39. The number of aliphatic hydroxyl groups is 1. The summed E-state index contributed by atoms with van der Waals surface area (Å²) in [7, 11) is 0. The van der Waals surface area contributed by atoms with E-state index in [1.54, 1.807) is 0 Å². The van der Waals surface area contributed by atoms with Gasteiger partial charge in [-0.05, 0) is 20.8 Å².